The maximum absolute atomic E-state index is 9.47. The van der Waals surface area contributed by atoms with Crippen LogP contribution in [0.15, 0.2) is 0 Å². The van der Waals surface area contributed by atoms with E-state index in [1.165, 1.54) is 6.47 Å². The van der Waals surface area contributed by atoms with Gasteiger partial charge in [0.15, 0.2) is 0 Å². The molecule has 2 nitrogen and oxygen atoms in total. The first-order chi connectivity index (χ1) is 3.06. The van der Waals surface area contributed by atoms with Crippen LogP contribution in [0.5, 0.6) is 0 Å². The first-order valence-electron chi connectivity index (χ1n) is 2.11. The zero-order chi connectivity index (χ0) is 5.91. The van der Waals surface area contributed by atoms with Crippen molar-refractivity contribution in [3.05, 3.63) is 0 Å². The molecular weight excluding hydrogens is 317 g/mol. The van der Waals surface area contributed by atoms with Crippen LogP contribution in [-0.4, -0.2) is 12.1 Å². The summed E-state index contributed by atoms with van der Waals surface area (Å²) >= 11 is 0. The zero-order valence-electron chi connectivity index (χ0n) is 6.28. The molecule has 0 aliphatic heterocycles. The predicted octanol–water partition coefficient (Wildman–Crippen LogP) is -5.13. The van der Waals surface area contributed by atoms with E-state index in [2.05, 4.69) is 4.74 Å². The maximum atomic E-state index is 9.47. The third kappa shape index (κ3) is 23.0. The molecular formula is C5H9Br2O2Zn-. The number of carbonyl (C=O) groups excluding carboxylic acids is 1. The van der Waals surface area contributed by atoms with Gasteiger partial charge in [-0.25, -0.2) is 0 Å². The van der Waals surface area contributed by atoms with E-state index in [0.29, 0.717) is 0 Å². The molecule has 0 atom stereocenters. The van der Waals surface area contributed by atoms with Gasteiger partial charge < -0.3 is 43.5 Å². The Morgan fingerprint density at radius 2 is 1.50 bits per heavy atom. The number of halogens is 2. The van der Waals surface area contributed by atoms with Crippen LogP contribution in [0.2, 0.25) is 0 Å². The summed E-state index contributed by atoms with van der Waals surface area (Å²) in [4.78, 5) is 9.47. The van der Waals surface area contributed by atoms with Crippen molar-refractivity contribution in [2.75, 3.05) is 0 Å². The Kier molecular flexibility index (Phi) is 22.6. The summed E-state index contributed by atoms with van der Waals surface area (Å²) in [7, 11) is 0. The van der Waals surface area contributed by atoms with E-state index in [1.807, 2.05) is 0 Å². The third-order valence-electron chi connectivity index (χ3n) is 0.348. The van der Waals surface area contributed by atoms with Gasteiger partial charge >= 0.3 is 19.5 Å². The molecule has 0 rings (SSSR count). The van der Waals surface area contributed by atoms with Crippen molar-refractivity contribution >= 4 is 6.47 Å². The van der Waals surface area contributed by atoms with Crippen LogP contribution in [0, 0.1) is 0 Å². The van der Waals surface area contributed by atoms with E-state index in [4.69, 9.17) is 0 Å². The minimum atomic E-state index is -0.373. The molecule has 0 unspecified atom stereocenters. The van der Waals surface area contributed by atoms with E-state index < -0.39 is 0 Å². The van der Waals surface area contributed by atoms with Gasteiger partial charge in [0, 0.05) is 0 Å². The summed E-state index contributed by atoms with van der Waals surface area (Å²) in [5.74, 6) is 0. The minimum absolute atomic E-state index is 0. The fraction of sp³-hybridized carbons (Fsp3) is 0.800. The molecule has 0 aromatic carbocycles. The van der Waals surface area contributed by atoms with E-state index in [0.717, 1.165) is 0 Å². The van der Waals surface area contributed by atoms with E-state index >= 15 is 0 Å². The molecule has 0 radical (unpaired) electrons. The van der Waals surface area contributed by atoms with Crippen LogP contribution < -0.4 is 34.0 Å². The quantitative estimate of drug-likeness (QED) is 0.356. The summed E-state index contributed by atoms with van der Waals surface area (Å²) in [5, 5.41) is 0. The second-order valence-corrected chi connectivity index (χ2v) is 2.30. The first-order valence-corrected chi connectivity index (χ1v) is 2.11. The molecule has 0 saturated heterocycles. The Morgan fingerprint density at radius 3 is 1.50 bits per heavy atom. The van der Waals surface area contributed by atoms with E-state index in [-0.39, 0.29) is 59.0 Å². The predicted molar refractivity (Wildman–Crippen MR) is 26.5 cm³/mol. The number of rotatable bonds is 1. The standard InChI is InChI=1S/C5H9O2.2BrH.Zn/c1-5(2,3)7-4-6;;;/h1-3H3;2*1H;/q-1;;;+2/p-2. The summed E-state index contributed by atoms with van der Waals surface area (Å²) in [6, 6.07) is 0. The smallest absolute Gasteiger partial charge is 1.00 e. The molecule has 0 spiro atoms. The molecule has 10 heavy (non-hydrogen) atoms. The molecule has 0 aliphatic rings. The van der Waals surface area contributed by atoms with Crippen molar-refractivity contribution in [3.63, 3.8) is 0 Å². The van der Waals surface area contributed by atoms with Crippen LogP contribution in [0.4, 0.5) is 0 Å². The van der Waals surface area contributed by atoms with Gasteiger partial charge in [-0.3, -0.25) is 0 Å². The molecule has 0 heterocycles. The fourth-order valence-electron chi connectivity index (χ4n) is 0.125. The molecule has 0 aromatic rings. The summed E-state index contributed by atoms with van der Waals surface area (Å²) in [6.07, 6.45) is 0. The minimum Gasteiger partial charge on any atom is -1.00 e. The van der Waals surface area contributed by atoms with Crippen molar-refractivity contribution in [2.45, 2.75) is 26.4 Å². The summed E-state index contributed by atoms with van der Waals surface area (Å²) in [6.45, 7) is 6.73. The van der Waals surface area contributed by atoms with Gasteiger partial charge in [0.05, 0.1) is 5.60 Å². The Labute approximate surface area is 95.4 Å². The van der Waals surface area contributed by atoms with Gasteiger partial charge in [-0.1, -0.05) is 6.47 Å². The van der Waals surface area contributed by atoms with Crippen LogP contribution in [0.1, 0.15) is 20.8 Å². The Hall–Kier alpha value is 1.05. The Bertz CT molecular complexity index is 72.5. The van der Waals surface area contributed by atoms with Gasteiger partial charge in [0.25, 0.3) is 0 Å². The van der Waals surface area contributed by atoms with Gasteiger partial charge in [-0.2, -0.15) is 0 Å². The molecule has 58 valence electrons. The van der Waals surface area contributed by atoms with Crippen LogP contribution in [0.25, 0.3) is 0 Å². The second kappa shape index (κ2) is 10.1. The maximum Gasteiger partial charge on any atom is 2.00 e. The SMILES string of the molecule is CC(C)(C)O[C-]=O.[Br-].[Br-].[Zn+2]. The molecule has 0 aliphatic carbocycles. The normalized spacial score (nSPS) is 7.50. The molecule has 0 amide bonds. The topological polar surface area (TPSA) is 26.3 Å². The van der Waals surface area contributed by atoms with Gasteiger partial charge in [0.1, 0.15) is 0 Å². The first kappa shape index (κ1) is 22.5. The van der Waals surface area contributed by atoms with Gasteiger partial charge in [0.2, 0.25) is 0 Å². The monoisotopic (exact) mass is 323 g/mol. The molecule has 0 fully saturated rings. The number of hydrogen-bond acceptors (Lipinski definition) is 2. The molecule has 0 bridgehead atoms. The Morgan fingerprint density at radius 1 is 1.20 bits per heavy atom. The number of ether oxygens (including phenoxy) is 1. The molecule has 0 N–H and O–H groups in total. The van der Waals surface area contributed by atoms with Crippen molar-refractivity contribution in [1.29, 1.82) is 0 Å². The van der Waals surface area contributed by atoms with E-state index in [1.54, 1.807) is 20.8 Å². The van der Waals surface area contributed by atoms with Crippen molar-refractivity contribution in [3.8, 4) is 0 Å². The largest absolute Gasteiger partial charge is 2.00 e. The van der Waals surface area contributed by atoms with Crippen molar-refractivity contribution in [2.24, 2.45) is 0 Å². The average molecular weight is 326 g/mol. The average Bonchev–Trinajstić information content (AvgIpc) is 1.30. The zero-order valence-corrected chi connectivity index (χ0v) is 12.4. The third-order valence-corrected chi connectivity index (χ3v) is 0.348. The fourth-order valence-corrected chi connectivity index (χ4v) is 0.125. The van der Waals surface area contributed by atoms with Gasteiger partial charge in [-0.15, -0.1) is 0 Å². The van der Waals surface area contributed by atoms with Gasteiger partial charge in [-0.05, 0) is 20.8 Å². The van der Waals surface area contributed by atoms with Crippen LogP contribution >= 0.6 is 0 Å². The summed E-state index contributed by atoms with van der Waals surface area (Å²) in [5.41, 5.74) is -0.373. The second-order valence-electron chi connectivity index (χ2n) is 2.30. The van der Waals surface area contributed by atoms with Crippen molar-refractivity contribution in [1.82, 2.24) is 0 Å². The summed E-state index contributed by atoms with van der Waals surface area (Å²) < 4.78 is 4.42. The molecule has 0 saturated carbocycles. The molecule has 5 heteroatoms. The van der Waals surface area contributed by atoms with Crippen LogP contribution in [0.3, 0.4) is 0 Å². The number of hydrogen-bond donors (Lipinski definition) is 0. The molecule has 0 aromatic heterocycles. The van der Waals surface area contributed by atoms with Crippen molar-refractivity contribution < 1.29 is 63.0 Å². The van der Waals surface area contributed by atoms with Crippen LogP contribution in [-0.2, 0) is 29.0 Å². The van der Waals surface area contributed by atoms with E-state index in [9.17, 15) is 4.79 Å². The Balaban J connectivity index is -0.0000000600.